The Hall–Kier alpha value is -3.48. The van der Waals surface area contributed by atoms with E-state index in [1.165, 1.54) is 6.92 Å². The number of anilines is 1. The fourth-order valence-corrected chi connectivity index (χ4v) is 2.68. The highest BCUT2D eigenvalue weighted by molar-refractivity contribution is 5.98. The number of hydrogen-bond acceptors (Lipinski definition) is 6. The highest BCUT2D eigenvalue weighted by Gasteiger charge is 2.19. The van der Waals surface area contributed by atoms with Gasteiger partial charge in [0.15, 0.2) is 6.10 Å². The normalized spacial score (nSPS) is 11.7. The van der Waals surface area contributed by atoms with Crippen LogP contribution in [0.5, 0.6) is 5.75 Å². The van der Waals surface area contributed by atoms with Crippen molar-refractivity contribution in [2.45, 2.75) is 33.8 Å². The minimum absolute atomic E-state index is 0.316. The number of benzene rings is 2. The maximum atomic E-state index is 12.5. The summed E-state index contributed by atoms with van der Waals surface area (Å²) in [6, 6.07) is 11.9. The van der Waals surface area contributed by atoms with E-state index in [4.69, 9.17) is 9.47 Å². The number of amides is 1. The summed E-state index contributed by atoms with van der Waals surface area (Å²) in [6.07, 6.45) is -0.962. The van der Waals surface area contributed by atoms with Crippen LogP contribution < -0.4 is 10.1 Å². The Morgan fingerprint density at radius 3 is 2.31 bits per heavy atom. The van der Waals surface area contributed by atoms with Crippen molar-refractivity contribution in [2.24, 2.45) is 0 Å². The number of nitrogens with zero attached hydrogens (tertiary/aromatic N) is 2. The summed E-state index contributed by atoms with van der Waals surface area (Å²) >= 11 is 0. The van der Waals surface area contributed by atoms with Gasteiger partial charge in [-0.15, -0.1) is 0 Å². The molecule has 0 aliphatic rings. The van der Waals surface area contributed by atoms with Gasteiger partial charge in [0.25, 0.3) is 5.91 Å². The zero-order valence-electron chi connectivity index (χ0n) is 16.9. The molecule has 1 aromatic heterocycles. The molecule has 1 heterocycles. The van der Waals surface area contributed by atoms with Gasteiger partial charge in [-0.25, -0.2) is 14.8 Å². The number of hydrogen-bond donors (Lipinski definition) is 1. The van der Waals surface area contributed by atoms with E-state index < -0.39 is 18.0 Å². The van der Waals surface area contributed by atoms with Crippen molar-refractivity contribution < 1.29 is 19.1 Å². The average Bonchev–Trinajstić information content (AvgIpc) is 2.70. The van der Waals surface area contributed by atoms with Gasteiger partial charge >= 0.3 is 5.97 Å². The van der Waals surface area contributed by atoms with E-state index in [1.54, 1.807) is 42.5 Å². The number of carbonyl (C=O) groups excluding carboxylic acids is 2. The zero-order valence-corrected chi connectivity index (χ0v) is 16.9. The fourth-order valence-electron chi connectivity index (χ4n) is 2.68. The highest BCUT2D eigenvalue weighted by atomic mass is 16.5. The Morgan fingerprint density at radius 1 is 1.00 bits per heavy atom. The van der Waals surface area contributed by atoms with Crippen LogP contribution in [0.1, 0.15) is 35.6 Å². The van der Waals surface area contributed by atoms with Crippen molar-refractivity contribution >= 4 is 28.6 Å². The molecule has 1 amide bonds. The van der Waals surface area contributed by atoms with Crippen molar-refractivity contribution in [3.63, 3.8) is 0 Å². The molecular formula is C22H23N3O4. The average molecular weight is 393 g/mol. The third kappa shape index (κ3) is 4.87. The van der Waals surface area contributed by atoms with Gasteiger partial charge < -0.3 is 14.8 Å². The van der Waals surface area contributed by atoms with Crippen molar-refractivity contribution in [3.8, 4) is 5.75 Å². The molecule has 0 spiro atoms. The molecule has 0 bridgehead atoms. The molecule has 2 aromatic carbocycles. The lowest BCUT2D eigenvalue weighted by Crippen LogP contribution is -2.30. The second-order valence-corrected chi connectivity index (χ2v) is 6.59. The molecule has 0 aliphatic heterocycles. The first-order chi connectivity index (χ1) is 13.9. The maximum Gasteiger partial charge on any atom is 0.338 e. The van der Waals surface area contributed by atoms with E-state index in [-0.39, 0.29) is 0 Å². The van der Waals surface area contributed by atoms with Gasteiger partial charge in [-0.3, -0.25) is 4.79 Å². The van der Waals surface area contributed by atoms with E-state index in [2.05, 4.69) is 15.3 Å². The van der Waals surface area contributed by atoms with Crippen LogP contribution in [-0.2, 0) is 9.53 Å². The molecule has 7 nitrogen and oxygen atoms in total. The monoisotopic (exact) mass is 393 g/mol. The van der Waals surface area contributed by atoms with Crippen LogP contribution in [0.3, 0.4) is 0 Å². The second-order valence-electron chi connectivity index (χ2n) is 6.59. The molecule has 29 heavy (non-hydrogen) atoms. The topological polar surface area (TPSA) is 90.4 Å². The quantitative estimate of drug-likeness (QED) is 0.640. The molecule has 0 unspecified atom stereocenters. The number of fused-ring (bicyclic) bond motifs is 1. The van der Waals surface area contributed by atoms with Crippen LogP contribution in [0.4, 0.5) is 5.69 Å². The molecule has 3 rings (SSSR count). The van der Waals surface area contributed by atoms with Crippen LogP contribution in [0.25, 0.3) is 11.0 Å². The number of esters is 1. The standard InChI is InChI=1S/C22H23N3O4/c1-5-28-18-9-7-17(8-10-18)25-21(26)15(4)29-22(27)16-6-11-19-20(12-16)24-14(3)13(2)23-19/h6-12,15H,5H2,1-4H3,(H,25,26)/t15-/m0/s1. The van der Waals surface area contributed by atoms with E-state index in [1.807, 2.05) is 20.8 Å². The van der Waals surface area contributed by atoms with Crippen LogP contribution in [0.2, 0.25) is 0 Å². The highest BCUT2D eigenvalue weighted by Crippen LogP contribution is 2.18. The summed E-state index contributed by atoms with van der Waals surface area (Å²) in [5.41, 5.74) is 3.85. The fraction of sp³-hybridized carbons (Fsp3) is 0.273. The minimum atomic E-state index is -0.962. The Bertz CT molecular complexity index is 1050. The van der Waals surface area contributed by atoms with Crippen molar-refractivity contribution in [1.82, 2.24) is 9.97 Å². The molecule has 1 atom stereocenters. The van der Waals surface area contributed by atoms with E-state index >= 15 is 0 Å². The lowest BCUT2D eigenvalue weighted by atomic mass is 10.2. The van der Waals surface area contributed by atoms with Crippen molar-refractivity contribution in [2.75, 3.05) is 11.9 Å². The van der Waals surface area contributed by atoms with Gasteiger partial charge in [0.05, 0.1) is 34.6 Å². The largest absolute Gasteiger partial charge is 0.494 e. The first kappa shape index (κ1) is 20.3. The number of nitrogens with one attached hydrogen (secondary N) is 1. The molecule has 0 saturated heterocycles. The molecule has 7 heteroatoms. The molecule has 0 fully saturated rings. The van der Waals surface area contributed by atoms with Crippen LogP contribution in [0, 0.1) is 13.8 Å². The van der Waals surface area contributed by atoms with Gasteiger partial charge in [-0.2, -0.15) is 0 Å². The van der Waals surface area contributed by atoms with Crippen LogP contribution in [-0.4, -0.2) is 34.6 Å². The van der Waals surface area contributed by atoms with Gasteiger partial charge in [-0.05, 0) is 70.2 Å². The predicted octanol–water partition coefficient (Wildman–Crippen LogP) is 3.83. The van der Waals surface area contributed by atoms with Crippen molar-refractivity contribution in [3.05, 3.63) is 59.4 Å². The number of aryl methyl sites for hydroxylation is 2. The van der Waals surface area contributed by atoms with E-state index in [0.29, 0.717) is 28.9 Å². The number of carbonyl (C=O) groups is 2. The third-order valence-corrected chi connectivity index (χ3v) is 4.40. The molecule has 3 aromatic rings. The third-order valence-electron chi connectivity index (χ3n) is 4.40. The van der Waals surface area contributed by atoms with Gasteiger partial charge in [0.2, 0.25) is 0 Å². The minimum Gasteiger partial charge on any atom is -0.494 e. The SMILES string of the molecule is CCOc1ccc(NC(=O)[C@H](C)OC(=O)c2ccc3nc(C)c(C)nc3c2)cc1. The summed E-state index contributed by atoms with van der Waals surface area (Å²) in [5, 5.41) is 2.72. The number of aromatic nitrogens is 2. The smallest absolute Gasteiger partial charge is 0.338 e. The summed E-state index contributed by atoms with van der Waals surface area (Å²) in [4.78, 5) is 33.7. The molecule has 150 valence electrons. The van der Waals surface area contributed by atoms with E-state index in [9.17, 15) is 9.59 Å². The zero-order chi connectivity index (χ0) is 21.0. The molecule has 0 radical (unpaired) electrons. The molecule has 0 saturated carbocycles. The molecule has 1 N–H and O–H groups in total. The Morgan fingerprint density at radius 2 is 1.66 bits per heavy atom. The van der Waals surface area contributed by atoms with Crippen LogP contribution in [0.15, 0.2) is 42.5 Å². The predicted molar refractivity (Wildman–Crippen MR) is 110 cm³/mol. The number of ether oxygens (including phenoxy) is 2. The first-order valence-corrected chi connectivity index (χ1v) is 9.37. The maximum absolute atomic E-state index is 12.5. The van der Waals surface area contributed by atoms with Crippen molar-refractivity contribution in [1.29, 1.82) is 0 Å². The van der Waals surface area contributed by atoms with Gasteiger partial charge in [0.1, 0.15) is 5.75 Å². The van der Waals surface area contributed by atoms with Gasteiger partial charge in [0, 0.05) is 5.69 Å². The Kier molecular flexibility index (Phi) is 6.07. The van der Waals surface area contributed by atoms with E-state index in [0.717, 1.165) is 17.1 Å². The van der Waals surface area contributed by atoms with Crippen LogP contribution >= 0.6 is 0 Å². The lowest BCUT2D eigenvalue weighted by Gasteiger charge is -2.14. The number of rotatable bonds is 6. The summed E-state index contributed by atoms with van der Waals surface area (Å²) in [5.74, 6) is -0.300. The lowest BCUT2D eigenvalue weighted by molar-refractivity contribution is -0.123. The molecule has 0 aliphatic carbocycles. The second kappa shape index (κ2) is 8.68. The summed E-state index contributed by atoms with van der Waals surface area (Å²) in [7, 11) is 0. The summed E-state index contributed by atoms with van der Waals surface area (Å²) < 4.78 is 10.7. The Labute approximate surface area is 169 Å². The first-order valence-electron chi connectivity index (χ1n) is 9.37. The summed E-state index contributed by atoms with van der Waals surface area (Å²) in [6.45, 7) is 7.74. The Balaban J connectivity index is 1.65. The van der Waals surface area contributed by atoms with Gasteiger partial charge in [-0.1, -0.05) is 0 Å². The molecular weight excluding hydrogens is 370 g/mol.